The molecule has 0 bridgehead atoms. The second kappa shape index (κ2) is 3.03. The molecular formula is C9H8N2S. The minimum atomic E-state index is 0.950. The van der Waals surface area contributed by atoms with E-state index in [9.17, 15) is 0 Å². The summed E-state index contributed by atoms with van der Waals surface area (Å²) in [7, 11) is 0. The van der Waals surface area contributed by atoms with Crippen LogP contribution in [-0.4, -0.2) is 9.19 Å². The maximum absolute atomic E-state index is 4.16. The zero-order chi connectivity index (χ0) is 8.39. The van der Waals surface area contributed by atoms with Gasteiger partial charge in [0.15, 0.2) is 0 Å². The van der Waals surface area contributed by atoms with Crippen molar-refractivity contribution in [2.45, 2.75) is 0 Å². The molecule has 0 aliphatic carbocycles. The zero-order valence-electron chi connectivity index (χ0n) is 6.38. The van der Waals surface area contributed by atoms with Crippen LogP contribution in [-0.2, 0) is 0 Å². The molecule has 0 saturated heterocycles. The van der Waals surface area contributed by atoms with E-state index in [1.54, 1.807) is 0 Å². The van der Waals surface area contributed by atoms with Gasteiger partial charge in [-0.15, -0.1) is 0 Å². The van der Waals surface area contributed by atoms with Gasteiger partial charge >= 0.3 is 0 Å². The van der Waals surface area contributed by atoms with E-state index in [0.29, 0.717) is 0 Å². The van der Waals surface area contributed by atoms with Crippen LogP contribution in [0.25, 0.3) is 11.3 Å². The van der Waals surface area contributed by atoms with Crippen LogP contribution in [0.3, 0.4) is 0 Å². The molecule has 12 heavy (non-hydrogen) atoms. The van der Waals surface area contributed by atoms with Crippen molar-refractivity contribution in [2.75, 3.05) is 0 Å². The van der Waals surface area contributed by atoms with Gasteiger partial charge in [0, 0.05) is 11.8 Å². The Kier molecular flexibility index (Phi) is 1.87. The Labute approximate surface area is 76.4 Å². The fourth-order valence-electron chi connectivity index (χ4n) is 1.08. The number of nitrogens with zero attached hydrogens (tertiary/aromatic N) is 2. The Morgan fingerprint density at radius 1 is 1.08 bits per heavy atom. The van der Waals surface area contributed by atoms with Gasteiger partial charge in [0.05, 0.1) is 5.69 Å². The fourth-order valence-corrected chi connectivity index (χ4v) is 1.24. The van der Waals surface area contributed by atoms with Crippen molar-refractivity contribution >= 4 is 12.8 Å². The highest BCUT2D eigenvalue weighted by atomic mass is 32.1. The first-order valence-electron chi connectivity index (χ1n) is 3.66. The second-order valence-corrected chi connectivity index (χ2v) is 2.90. The van der Waals surface area contributed by atoms with Crippen molar-refractivity contribution in [3.8, 4) is 11.3 Å². The van der Waals surface area contributed by atoms with Crippen molar-refractivity contribution in [1.82, 2.24) is 9.19 Å². The van der Waals surface area contributed by atoms with Crippen LogP contribution in [0.2, 0.25) is 0 Å². The smallest absolute Gasteiger partial charge is 0.0933 e. The number of benzene rings is 1. The first-order chi connectivity index (χ1) is 5.86. The Morgan fingerprint density at radius 3 is 2.42 bits per heavy atom. The molecule has 2 rings (SSSR count). The van der Waals surface area contributed by atoms with Gasteiger partial charge in [0.1, 0.15) is 0 Å². The molecule has 0 radical (unpaired) electrons. The predicted molar refractivity (Wildman–Crippen MR) is 52.0 cm³/mol. The lowest BCUT2D eigenvalue weighted by Crippen LogP contribution is -1.81. The summed E-state index contributed by atoms with van der Waals surface area (Å²) < 4.78 is 1.50. The lowest BCUT2D eigenvalue weighted by atomic mass is 10.2. The molecule has 0 N–H and O–H groups in total. The standard InChI is InChI=1S/C9H8N2S/c12-11-7-6-9(10-11)8-4-2-1-3-5-8/h1-7,12H. The summed E-state index contributed by atoms with van der Waals surface area (Å²) in [6.45, 7) is 0. The molecule has 0 spiro atoms. The average Bonchev–Trinajstić information content (AvgIpc) is 2.54. The molecule has 0 aliphatic heterocycles. The quantitative estimate of drug-likeness (QED) is 0.660. The minimum absolute atomic E-state index is 0.950. The maximum Gasteiger partial charge on any atom is 0.0933 e. The van der Waals surface area contributed by atoms with Crippen LogP contribution in [0, 0.1) is 0 Å². The third-order valence-electron chi connectivity index (χ3n) is 1.65. The van der Waals surface area contributed by atoms with E-state index in [1.807, 2.05) is 42.6 Å². The van der Waals surface area contributed by atoms with E-state index in [1.165, 1.54) is 4.09 Å². The maximum atomic E-state index is 4.16. The van der Waals surface area contributed by atoms with E-state index < -0.39 is 0 Å². The Hall–Kier alpha value is -1.22. The third kappa shape index (κ3) is 1.36. The average molecular weight is 176 g/mol. The van der Waals surface area contributed by atoms with Crippen LogP contribution in [0.1, 0.15) is 0 Å². The lowest BCUT2D eigenvalue weighted by molar-refractivity contribution is 1.02. The van der Waals surface area contributed by atoms with E-state index in [-0.39, 0.29) is 0 Å². The van der Waals surface area contributed by atoms with Gasteiger partial charge in [0.2, 0.25) is 0 Å². The van der Waals surface area contributed by atoms with Gasteiger partial charge < -0.3 is 0 Å². The first kappa shape index (κ1) is 7.43. The number of rotatable bonds is 1. The van der Waals surface area contributed by atoms with Crippen molar-refractivity contribution in [2.24, 2.45) is 0 Å². The third-order valence-corrected chi connectivity index (χ3v) is 1.87. The summed E-state index contributed by atoms with van der Waals surface area (Å²) in [5, 5.41) is 4.16. The van der Waals surface area contributed by atoms with Crippen molar-refractivity contribution in [3.05, 3.63) is 42.6 Å². The number of hydrogen-bond acceptors (Lipinski definition) is 2. The SMILES string of the molecule is Sn1ccc(-c2ccccc2)n1. The molecule has 0 atom stereocenters. The van der Waals surface area contributed by atoms with E-state index in [2.05, 4.69) is 17.9 Å². The van der Waals surface area contributed by atoms with E-state index in [4.69, 9.17) is 0 Å². The van der Waals surface area contributed by atoms with Gasteiger partial charge in [-0.2, -0.15) is 5.10 Å². The summed E-state index contributed by atoms with van der Waals surface area (Å²) in [6, 6.07) is 12.0. The normalized spacial score (nSPS) is 10.1. The molecule has 0 aliphatic rings. The highest BCUT2D eigenvalue weighted by molar-refractivity contribution is 7.78. The molecule has 0 saturated carbocycles. The topological polar surface area (TPSA) is 17.8 Å². The minimum Gasteiger partial charge on any atom is -0.217 e. The molecule has 0 amide bonds. The lowest BCUT2D eigenvalue weighted by Gasteiger charge is -1.93. The highest BCUT2D eigenvalue weighted by Gasteiger charge is 1.98. The first-order valence-corrected chi connectivity index (χ1v) is 4.06. The predicted octanol–water partition coefficient (Wildman–Crippen LogP) is 2.24. The van der Waals surface area contributed by atoms with Crippen molar-refractivity contribution in [3.63, 3.8) is 0 Å². The van der Waals surface area contributed by atoms with E-state index >= 15 is 0 Å². The fraction of sp³-hybridized carbons (Fsp3) is 0. The number of thiol groups is 1. The van der Waals surface area contributed by atoms with Gasteiger partial charge in [0.25, 0.3) is 0 Å². The van der Waals surface area contributed by atoms with Crippen LogP contribution in [0.15, 0.2) is 42.6 Å². The second-order valence-electron chi connectivity index (χ2n) is 2.49. The summed E-state index contributed by atoms with van der Waals surface area (Å²) in [6.07, 6.45) is 1.81. The summed E-state index contributed by atoms with van der Waals surface area (Å²) >= 11 is 4.06. The van der Waals surface area contributed by atoms with Crippen LogP contribution >= 0.6 is 12.8 Å². The largest absolute Gasteiger partial charge is 0.217 e. The van der Waals surface area contributed by atoms with Gasteiger partial charge in [-0.3, -0.25) is 0 Å². The molecule has 2 aromatic rings. The van der Waals surface area contributed by atoms with Crippen molar-refractivity contribution in [1.29, 1.82) is 0 Å². The van der Waals surface area contributed by atoms with Crippen LogP contribution in [0.4, 0.5) is 0 Å². The highest BCUT2D eigenvalue weighted by Crippen LogP contribution is 2.15. The molecule has 0 fully saturated rings. The van der Waals surface area contributed by atoms with Crippen molar-refractivity contribution < 1.29 is 0 Å². The molecule has 1 aromatic carbocycles. The van der Waals surface area contributed by atoms with Gasteiger partial charge in [-0.1, -0.05) is 30.3 Å². The summed E-state index contributed by atoms with van der Waals surface area (Å²) in [4.78, 5) is 0. The zero-order valence-corrected chi connectivity index (χ0v) is 7.28. The Balaban J connectivity index is 2.45. The van der Waals surface area contributed by atoms with E-state index in [0.717, 1.165) is 11.3 Å². The Bertz CT molecular complexity index is 367. The number of aromatic nitrogens is 2. The monoisotopic (exact) mass is 176 g/mol. The molecule has 3 heteroatoms. The van der Waals surface area contributed by atoms with Gasteiger partial charge in [-0.05, 0) is 18.9 Å². The number of hydrogen-bond donors (Lipinski definition) is 1. The van der Waals surface area contributed by atoms with Crippen LogP contribution < -0.4 is 0 Å². The van der Waals surface area contributed by atoms with Gasteiger partial charge in [-0.25, -0.2) is 4.09 Å². The summed E-state index contributed by atoms with van der Waals surface area (Å²) in [5.41, 5.74) is 2.07. The molecule has 2 nitrogen and oxygen atoms in total. The molecule has 1 aromatic heterocycles. The molecule has 0 unspecified atom stereocenters. The molecule has 60 valence electrons. The molecular weight excluding hydrogens is 168 g/mol. The summed E-state index contributed by atoms with van der Waals surface area (Å²) in [5.74, 6) is 0. The van der Waals surface area contributed by atoms with Crippen LogP contribution in [0.5, 0.6) is 0 Å². The Morgan fingerprint density at radius 2 is 1.83 bits per heavy atom. The molecule has 1 heterocycles.